The van der Waals surface area contributed by atoms with Crippen LogP contribution in [0.15, 0.2) is 35.1 Å². The first-order valence-corrected chi connectivity index (χ1v) is 7.45. The highest BCUT2D eigenvalue weighted by Crippen LogP contribution is 2.16. The van der Waals surface area contributed by atoms with Gasteiger partial charge in [0.15, 0.2) is 0 Å². The molecule has 2 aromatic heterocycles. The van der Waals surface area contributed by atoms with Crippen molar-refractivity contribution in [2.24, 2.45) is 5.92 Å². The first-order chi connectivity index (χ1) is 10.0. The summed E-state index contributed by atoms with van der Waals surface area (Å²) in [5.74, 6) is 1.66. The van der Waals surface area contributed by atoms with Crippen molar-refractivity contribution in [2.75, 3.05) is 18.5 Å². The lowest BCUT2D eigenvalue weighted by Crippen LogP contribution is -2.21. The lowest BCUT2D eigenvalue weighted by atomic mass is 10.2. The molecule has 4 nitrogen and oxygen atoms in total. The van der Waals surface area contributed by atoms with Gasteiger partial charge in [0, 0.05) is 31.4 Å². The highest BCUT2D eigenvalue weighted by atomic mass is 16.3. The summed E-state index contributed by atoms with van der Waals surface area (Å²) in [4.78, 5) is 6.77. The molecule has 0 atom stereocenters. The van der Waals surface area contributed by atoms with E-state index >= 15 is 0 Å². The van der Waals surface area contributed by atoms with Crippen molar-refractivity contribution in [1.82, 2.24) is 10.3 Å². The van der Waals surface area contributed by atoms with Crippen LogP contribution >= 0.6 is 0 Å². The van der Waals surface area contributed by atoms with Crippen LogP contribution in [0, 0.1) is 12.8 Å². The van der Waals surface area contributed by atoms with Gasteiger partial charge in [0.25, 0.3) is 0 Å². The Hall–Kier alpha value is -1.81. The molecule has 2 aromatic rings. The molecule has 0 aromatic carbocycles. The average Bonchev–Trinajstić information content (AvgIpc) is 2.90. The van der Waals surface area contributed by atoms with Crippen LogP contribution in [0.1, 0.15) is 30.7 Å². The number of hydrogen-bond donors (Lipinski definition) is 1. The normalized spacial score (nSPS) is 11.1. The summed E-state index contributed by atoms with van der Waals surface area (Å²) in [5.41, 5.74) is 3.48. The first-order valence-electron chi connectivity index (χ1n) is 7.45. The Morgan fingerprint density at radius 1 is 1.29 bits per heavy atom. The molecule has 0 fully saturated rings. The number of furan rings is 1. The molecule has 0 spiro atoms. The van der Waals surface area contributed by atoms with Crippen molar-refractivity contribution in [2.45, 2.75) is 33.9 Å². The fourth-order valence-corrected chi connectivity index (χ4v) is 2.26. The number of nitrogens with one attached hydrogen (secondary N) is 1. The standard InChI is InChI=1S/C17H25N3O/c1-13(2)9-18-10-16-7-14(3)19-17(8-16)20(4)11-15-5-6-21-12-15/h5-8,12-13,18H,9-11H2,1-4H3. The third-order valence-corrected chi connectivity index (χ3v) is 3.27. The molecular formula is C17H25N3O. The zero-order valence-corrected chi connectivity index (χ0v) is 13.4. The van der Waals surface area contributed by atoms with Crippen LogP contribution in [0.3, 0.4) is 0 Å². The quantitative estimate of drug-likeness (QED) is 0.848. The fourth-order valence-electron chi connectivity index (χ4n) is 2.26. The summed E-state index contributed by atoms with van der Waals surface area (Å²) in [6, 6.07) is 6.28. The van der Waals surface area contributed by atoms with Gasteiger partial charge in [-0.05, 0) is 43.1 Å². The third-order valence-electron chi connectivity index (χ3n) is 3.27. The Bertz CT molecular complexity index is 549. The predicted molar refractivity (Wildman–Crippen MR) is 86.3 cm³/mol. The summed E-state index contributed by atoms with van der Waals surface area (Å²) in [6.45, 7) is 9.19. The van der Waals surface area contributed by atoms with E-state index in [9.17, 15) is 0 Å². The average molecular weight is 287 g/mol. The Kier molecular flexibility index (Phi) is 5.39. The molecule has 0 amide bonds. The smallest absolute Gasteiger partial charge is 0.129 e. The number of anilines is 1. The largest absolute Gasteiger partial charge is 0.472 e. The molecular weight excluding hydrogens is 262 g/mol. The van der Waals surface area contributed by atoms with Crippen LogP contribution in [0.4, 0.5) is 5.82 Å². The van der Waals surface area contributed by atoms with Crippen molar-refractivity contribution in [3.05, 3.63) is 47.5 Å². The van der Waals surface area contributed by atoms with Crippen LogP contribution in [0.5, 0.6) is 0 Å². The monoisotopic (exact) mass is 287 g/mol. The van der Waals surface area contributed by atoms with Gasteiger partial charge in [-0.3, -0.25) is 0 Å². The molecule has 0 bridgehead atoms. The highest BCUT2D eigenvalue weighted by molar-refractivity contribution is 5.42. The van der Waals surface area contributed by atoms with E-state index < -0.39 is 0 Å². The van der Waals surface area contributed by atoms with E-state index in [1.165, 1.54) is 5.56 Å². The number of aryl methyl sites for hydroxylation is 1. The van der Waals surface area contributed by atoms with Gasteiger partial charge < -0.3 is 14.6 Å². The number of nitrogens with zero attached hydrogens (tertiary/aromatic N) is 2. The number of aromatic nitrogens is 1. The summed E-state index contributed by atoms with van der Waals surface area (Å²) in [5, 5.41) is 3.48. The molecule has 21 heavy (non-hydrogen) atoms. The van der Waals surface area contributed by atoms with Gasteiger partial charge in [-0.1, -0.05) is 13.8 Å². The Labute approximate surface area is 127 Å². The van der Waals surface area contributed by atoms with E-state index in [2.05, 4.69) is 48.2 Å². The highest BCUT2D eigenvalue weighted by Gasteiger charge is 2.07. The molecule has 0 aliphatic rings. The maximum absolute atomic E-state index is 5.12. The molecule has 0 aliphatic heterocycles. The Balaban J connectivity index is 2.03. The molecule has 0 saturated carbocycles. The van der Waals surface area contributed by atoms with Gasteiger partial charge in [-0.25, -0.2) is 4.98 Å². The number of hydrogen-bond acceptors (Lipinski definition) is 4. The second-order valence-corrected chi connectivity index (χ2v) is 5.99. The molecule has 2 rings (SSSR count). The predicted octanol–water partition coefficient (Wildman–Crippen LogP) is 3.37. The summed E-state index contributed by atoms with van der Waals surface area (Å²) in [7, 11) is 2.06. The molecule has 0 aliphatic carbocycles. The van der Waals surface area contributed by atoms with Crippen LogP contribution in [-0.4, -0.2) is 18.6 Å². The molecule has 0 unspecified atom stereocenters. The van der Waals surface area contributed by atoms with Crippen molar-refractivity contribution >= 4 is 5.82 Å². The maximum atomic E-state index is 5.12. The maximum Gasteiger partial charge on any atom is 0.129 e. The lowest BCUT2D eigenvalue weighted by Gasteiger charge is -2.19. The summed E-state index contributed by atoms with van der Waals surface area (Å²) < 4.78 is 5.12. The SMILES string of the molecule is Cc1cc(CNCC(C)C)cc(N(C)Cc2ccoc2)n1. The number of pyridine rings is 1. The first kappa shape index (κ1) is 15.6. The van der Waals surface area contributed by atoms with Crippen molar-refractivity contribution in [1.29, 1.82) is 0 Å². The second kappa shape index (κ2) is 7.27. The van der Waals surface area contributed by atoms with E-state index in [4.69, 9.17) is 4.42 Å². The molecule has 4 heteroatoms. The molecule has 0 radical (unpaired) electrons. The lowest BCUT2D eigenvalue weighted by molar-refractivity contribution is 0.552. The van der Waals surface area contributed by atoms with Gasteiger partial charge in [-0.2, -0.15) is 0 Å². The van der Waals surface area contributed by atoms with Gasteiger partial charge in [0.1, 0.15) is 5.82 Å². The number of rotatable bonds is 7. The minimum absolute atomic E-state index is 0.663. The van der Waals surface area contributed by atoms with E-state index in [-0.39, 0.29) is 0 Å². The molecule has 2 heterocycles. The van der Waals surface area contributed by atoms with Crippen LogP contribution in [0.25, 0.3) is 0 Å². The van der Waals surface area contributed by atoms with Gasteiger partial charge in [0.2, 0.25) is 0 Å². The summed E-state index contributed by atoms with van der Waals surface area (Å²) in [6.07, 6.45) is 3.48. The minimum Gasteiger partial charge on any atom is -0.472 e. The Morgan fingerprint density at radius 3 is 2.76 bits per heavy atom. The van der Waals surface area contributed by atoms with E-state index in [1.54, 1.807) is 12.5 Å². The molecule has 0 saturated heterocycles. The van der Waals surface area contributed by atoms with Crippen molar-refractivity contribution in [3.63, 3.8) is 0 Å². The van der Waals surface area contributed by atoms with E-state index in [0.717, 1.165) is 36.7 Å². The van der Waals surface area contributed by atoms with E-state index in [1.807, 2.05) is 13.0 Å². The van der Waals surface area contributed by atoms with Gasteiger partial charge >= 0.3 is 0 Å². The fraction of sp³-hybridized carbons (Fsp3) is 0.471. The Morgan fingerprint density at radius 2 is 2.10 bits per heavy atom. The second-order valence-electron chi connectivity index (χ2n) is 5.99. The topological polar surface area (TPSA) is 41.3 Å². The zero-order chi connectivity index (χ0) is 15.2. The minimum atomic E-state index is 0.663. The molecule has 1 N–H and O–H groups in total. The van der Waals surface area contributed by atoms with E-state index in [0.29, 0.717) is 5.92 Å². The third kappa shape index (κ3) is 4.90. The summed E-state index contributed by atoms with van der Waals surface area (Å²) >= 11 is 0. The van der Waals surface area contributed by atoms with Crippen LogP contribution in [0.2, 0.25) is 0 Å². The van der Waals surface area contributed by atoms with Crippen LogP contribution < -0.4 is 10.2 Å². The van der Waals surface area contributed by atoms with Gasteiger partial charge in [-0.15, -0.1) is 0 Å². The van der Waals surface area contributed by atoms with Gasteiger partial charge in [0.05, 0.1) is 12.5 Å². The van der Waals surface area contributed by atoms with Crippen LogP contribution in [-0.2, 0) is 13.1 Å². The molecule has 114 valence electrons. The van der Waals surface area contributed by atoms with Crippen molar-refractivity contribution < 1.29 is 4.42 Å². The zero-order valence-electron chi connectivity index (χ0n) is 13.4. The van der Waals surface area contributed by atoms with Crippen molar-refractivity contribution in [3.8, 4) is 0 Å².